The van der Waals surface area contributed by atoms with Crippen LogP contribution in [0.15, 0.2) is 29.3 Å². The summed E-state index contributed by atoms with van der Waals surface area (Å²) in [6, 6.07) is 8.56. The summed E-state index contributed by atoms with van der Waals surface area (Å²) in [4.78, 5) is 8.30. The lowest BCUT2D eigenvalue weighted by Crippen LogP contribution is -2.79. The third kappa shape index (κ3) is 1.83. The van der Waals surface area contributed by atoms with Crippen LogP contribution >= 0.6 is 0 Å². The Labute approximate surface area is 128 Å². The van der Waals surface area contributed by atoms with Crippen LogP contribution < -0.4 is 25.8 Å². The van der Waals surface area contributed by atoms with Crippen LogP contribution in [0.3, 0.4) is 0 Å². The van der Waals surface area contributed by atoms with E-state index < -0.39 is 0 Å². The lowest BCUT2D eigenvalue weighted by atomic mass is 10.0. The Bertz CT molecular complexity index is 902. The molecule has 22 heavy (non-hydrogen) atoms. The molecule has 0 spiro atoms. The average molecular weight is 292 g/mol. The Balaban J connectivity index is 1.71. The summed E-state index contributed by atoms with van der Waals surface area (Å²) in [5.41, 5.74) is 4.85. The Morgan fingerprint density at radius 1 is 1.00 bits per heavy atom. The fourth-order valence-electron chi connectivity index (χ4n) is 3.56. The first-order valence-corrected chi connectivity index (χ1v) is 8.08. The lowest BCUT2D eigenvalue weighted by molar-refractivity contribution is -0.505. The van der Waals surface area contributed by atoms with Crippen LogP contribution in [0, 0.1) is 0 Å². The first-order chi connectivity index (χ1) is 10.9. The standard InChI is InChI=1S/C18H17N3O/c1-3-11-7-15-17(9-13(11)19-5-1)22-18-10-14-12(4-2-6-20-14)8-16(18)21-15/h7-10,19H,1-6H2/p+1. The number of nitrogens with one attached hydrogen (secondary N) is 2. The fraction of sp³-hybridized carbons (Fsp3) is 0.333. The highest BCUT2D eigenvalue weighted by Crippen LogP contribution is 2.39. The summed E-state index contributed by atoms with van der Waals surface area (Å²) < 4.78 is 6.14. The van der Waals surface area contributed by atoms with E-state index in [4.69, 9.17) is 9.73 Å². The molecule has 2 aromatic rings. The molecule has 110 valence electrons. The second kappa shape index (κ2) is 4.57. The van der Waals surface area contributed by atoms with Gasteiger partial charge in [0, 0.05) is 30.3 Å². The van der Waals surface area contributed by atoms with Gasteiger partial charge in [0.2, 0.25) is 5.36 Å². The molecule has 0 aromatic heterocycles. The first-order valence-electron chi connectivity index (χ1n) is 8.08. The Morgan fingerprint density at radius 3 is 2.95 bits per heavy atom. The molecule has 2 N–H and O–H groups in total. The summed E-state index contributed by atoms with van der Waals surface area (Å²) in [5.74, 6) is 1.72. The molecule has 4 heteroatoms. The molecule has 0 unspecified atom stereocenters. The van der Waals surface area contributed by atoms with Crippen LogP contribution in [0.2, 0.25) is 0 Å². The van der Waals surface area contributed by atoms with Gasteiger partial charge in [0.05, 0.1) is 6.07 Å². The minimum atomic E-state index is 0.858. The van der Waals surface area contributed by atoms with Crippen LogP contribution in [0.25, 0.3) is 0 Å². The van der Waals surface area contributed by atoms with Crippen LogP contribution in [0.5, 0.6) is 11.5 Å². The van der Waals surface area contributed by atoms with Gasteiger partial charge in [-0.05, 0) is 37.0 Å². The van der Waals surface area contributed by atoms with Crippen LogP contribution in [0.1, 0.15) is 24.0 Å². The molecule has 0 bridgehead atoms. The van der Waals surface area contributed by atoms with E-state index in [1.807, 2.05) is 0 Å². The molecule has 3 aliphatic heterocycles. The van der Waals surface area contributed by atoms with Crippen molar-refractivity contribution in [2.45, 2.75) is 25.7 Å². The zero-order valence-electron chi connectivity index (χ0n) is 12.4. The van der Waals surface area contributed by atoms with E-state index in [0.29, 0.717) is 0 Å². The summed E-state index contributed by atoms with van der Waals surface area (Å²) in [5, 5.41) is 5.60. The molecule has 2 aromatic carbocycles. The number of nitrogens with zero attached hydrogens (tertiary/aromatic N) is 1. The maximum atomic E-state index is 6.14. The van der Waals surface area contributed by atoms with Crippen LogP contribution in [0.4, 0.5) is 11.4 Å². The molecule has 3 heterocycles. The number of ether oxygens (including phenoxy) is 1. The molecule has 0 saturated heterocycles. The molecule has 0 aliphatic carbocycles. The van der Waals surface area contributed by atoms with Gasteiger partial charge < -0.3 is 10.1 Å². The van der Waals surface area contributed by atoms with Gasteiger partial charge in [-0.3, -0.25) is 0 Å². The summed E-state index contributed by atoms with van der Waals surface area (Å²) in [6.07, 6.45) is 4.60. The number of hydrogen-bond acceptors (Lipinski definition) is 3. The molecule has 0 radical (unpaired) electrons. The van der Waals surface area contributed by atoms with Crippen molar-refractivity contribution in [2.24, 2.45) is 4.99 Å². The summed E-state index contributed by atoms with van der Waals surface area (Å²) >= 11 is 0. The van der Waals surface area contributed by atoms with E-state index in [-0.39, 0.29) is 0 Å². The minimum Gasteiger partial charge on any atom is -0.452 e. The van der Waals surface area contributed by atoms with Crippen LogP contribution in [-0.2, 0) is 12.8 Å². The molecule has 3 aliphatic rings. The number of fused-ring (bicyclic) bond motifs is 4. The molecular formula is C18H18N3O+. The van der Waals surface area contributed by atoms with Crippen molar-refractivity contribution >= 4 is 11.4 Å². The highest BCUT2D eigenvalue weighted by Gasteiger charge is 2.20. The number of benzene rings is 2. The van der Waals surface area contributed by atoms with E-state index in [0.717, 1.165) is 48.5 Å². The van der Waals surface area contributed by atoms with E-state index in [1.54, 1.807) is 0 Å². The topological polar surface area (TPSA) is 47.6 Å². The van der Waals surface area contributed by atoms with Crippen molar-refractivity contribution in [3.05, 3.63) is 46.1 Å². The molecule has 5 rings (SSSR count). The minimum absolute atomic E-state index is 0.858. The van der Waals surface area contributed by atoms with E-state index in [2.05, 4.69) is 34.6 Å². The van der Waals surface area contributed by atoms with Gasteiger partial charge in [-0.15, -0.1) is 0 Å². The van der Waals surface area contributed by atoms with Gasteiger partial charge >= 0.3 is 0 Å². The molecule has 0 saturated carbocycles. The normalized spacial score (nSPS) is 17.5. The summed E-state index contributed by atoms with van der Waals surface area (Å²) in [6.45, 7) is 2.08. The lowest BCUT2D eigenvalue weighted by Gasteiger charge is -2.22. The Morgan fingerprint density at radius 2 is 1.95 bits per heavy atom. The van der Waals surface area contributed by atoms with E-state index in [1.165, 1.54) is 35.0 Å². The third-order valence-electron chi connectivity index (χ3n) is 4.71. The zero-order chi connectivity index (χ0) is 14.5. The Kier molecular flexibility index (Phi) is 2.53. The van der Waals surface area contributed by atoms with Gasteiger partial charge in [0.1, 0.15) is 17.6 Å². The number of hydrogen-bond donors (Lipinski definition) is 2. The first kappa shape index (κ1) is 12.2. The number of rotatable bonds is 0. The third-order valence-corrected chi connectivity index (χ3v) is 4.71. The molecule has 0 fully saturated rings. The summed E-state index contributed by atoms with van der Waals surface area (Å²) in [7, 11) is 0. The van der Waals surface area contributed by atoms with Crippen molar-refractivity contribution in [3.8, 4) is 11.5 Å². The molecular weight excluding hydrogens is 274 g/mol. The van der Waals surface area contributed by atoms with E-state index in [9.17, 15) is 0 Å². The van der Waals surface area contributed by atoms with Crippen molar-refractivity contribution in [1.82, 2.24) is 0 Å². The maximum Gasteiger partial charge on any atom is 0.205 e. The zero-order valence-corrected chi connectivity index (χ0v) is 12.4. The monoisotopic (exact) mass is 292 g/mol. The smallest absolute Gasteiger partial charge is 0.205 e. The Hall–Kier alpha value is -2.36. The highest BCUT2D eigenvalue weighted by molar-refractivity contribution is 5.68. The maximum absolute atomic E-state index is 6.14. The SMILES string of the molecule is c1c2c(cc3c1N=c1cc4c(cc1O3)=[NH+]CCC4)NCCC2. The van der Waals surface area contributed by atoms with Gasteiger partial charge in [-0.25, -0.2) is 9.98 Å². The second-order valence-electron chi connectivity index (χ2n) is 6.23. The van der Waals surface area contributed by atoms with Crippen molar-refractivity contribution in [2.75, 3.05) is 18.4 Å². The van der Waals surface area contributed by atoms with Gasteiger partial charge in [0.25, 0.3) is 0 Å². The quantitative estimate of drug-likeness (QED) is 0.642. The van der Waals surface area contributed by atoms with Crippen LogP contribution in [-0.4, -0.2) is 13.1 Å². The largest absolute Gasteiger partial charge is 0.452 e. The fourth-order valence-corrected chi connectivity index (χ4v) is 3.56. The number of aryl methyl sites for hydroxylation is 2. The second-order valence-corrected chi connectivity index (χ2v) is 6.23. The molecule has 4 nitrogen and oxygen atoms in total. The van der Waals surface area contributed by atoms with Crippen molar-refractivity contribution < 1.29 is 9.73 Å². The highest BCUT2D eigenvalue weighted by atomic mass is 16.5. The van der Waals surface area contributed by atoms with Gasteiger partial charge in [-0.1, -0.05) is 0 Å². The van der Waals surface area contributed by atoms with Crippen molar-refractivity contribution in [3.63, 3.8) is 0 Å². The predicted octanol–water partition coefficient (Wildman–Crippen LogP) is 0.748. The predicted molar refractivity (Wildman–Crippen MR) is 83.5 cm³/mol. The average Bonchev–Trinajstić information content (AvgIpc) is 2.56. The molecule has 0 atom stereocenters. The van der Waals surface area contributed by atoms with Crippen molar-refractivity contribution in [1.29, 1.82) is 0 Å². The van der Waals surface area contributed by atoms with Gasteiger partial charge in [-0.2, -0.15) is 0 Å². The van der Waals surface area contributed by atoms with E-state index >= 15 is 0 Å². The van der Waals surface area contributed by atoms with Gasteiger partial charge in [0.15, 0.2) is 11.5 Å². The number of anilines is 1. The molecule has 0 amide bonds.